The van der Waals surface area contributed by atoms with E-state index in [2.05, 4.69) is 25.8 Å². The Hall–Kier alpha value is -1.76. The number of rotatable bonds is 2. The molecule has 0 aromatic rings. The molecule has 158 valence electrons. The van der Waals surface area contributed by atoms with Gasteiger partial charge in [-0.3, -0.25) is 9.59 Å². The van der Waals surface area contributed by atoms with E-state index in [9.17, 15) is 9.59 Å². The van der Waals surface area contributed by atoms with Gasteiger partial charge in [0.15, 0.2) is 5.60 Å². The second kappa shape index (κ2) is 6.89. The molecule has 3 saturated carbocycles. The highest BCUT2D eigenvalue weighted by atomic mass is 16.6. The van der Waals surface area contributed by atoms with Crippen molar-refractivity contribution in [2.24, 2.45) is 28.6 Å². The fourth-order valence-electron chi connectivity index (χ4n) is 7.64. The molecule has 0 radical (unpaired) electrons. The molecule has 6 unspecified atom stereocenters. The molecule has 0 N–H and O–H groups in total. The van der Waals surface area contributed by atoms with Gasteiger partial charge in [0.1, 0.15) is 6.10 Å². The van der Waals surface area contributed by atoms with E-state index >= 15 is 0 Å². The summed E-state index contributed by atoms with van der Waals surface area (Å²) in [4.78, 5) is 23.3. The van der Waals surface area contributed by atoms with Gasteiger partial charge in [0, 0.05) is 25.7 Å². The summed E-state index contributed by atoms with van der Waals surface area (Å²) in [6.07, 6.45) is 16.3. The van der Waals surface area contributed by atoms with Gasteiger partial charge < -0.3 is 9.47 Å². The Balaban J connectivity index is 1.61. The SMILES string of the molecule is C#C[C@]1(OC(C)=O)CCC2C3CC=C4CC(OC(C)=O)CCC4(C)C3CCC21C. The number of hydrogen-bond acceptors (Lipinski definition) is 4. The van der Waals surface area contributed by atoms with E-state index in [-0.39, 0.29) is 28.9 Å². The highest BCUT2D eigenvalue weighted by Gasteiger charge is 2.65. The fraction of sp³-hybridized carbons (Fsp3) is 0.760. The first kappa shape index (κ1) is 20.5. The molecule has 3 fully saturated rings. The number of ether oxygens (including phenoxy) is 2. The first-order valence-electron chi connectivity index (χ1n) is 11.2. The van der Waals surface area contributed by atoms with Crippen LogP contribution in [0.15, 0.2) is 11.6 Å². The van der Waals surface area contributed by atoms with Crippen LogP contribution < -0.4 is 0 Å². The Kier molecular flexibility index (Phi) is 4.88. The van der Waals surface area contributed by atoms with E-state index < -0.39 is 5.60 Å². The Bertz CT molecular complexity index is 791. The summed E-state index contributed by atoms with van der Waals surface area (Å²) in [5, 5.41) is 0. The van der Waals surface area contributed by atoms with Crippen molar-refractivity contribution in [1.29, 1.82) is 0 Å². The van der Waals surface area contributed by atoms with E-state index in [4.69, 9.17) is 15.9 Å². The van der Waals surface area contributed by atoms with E-state index in [1.54, 1.807) is 0 Å². The molecular formula is C25H34O4. The number of esters is 2. The van der Waals surface area contributed by atoms with E-state index in [1.807, 2.05) is 0 Å². The predicted molar refractivity (Wildman–Crippen MR) is 111 cm³/mol. The molecule has 4 aliphatic carbocycles. The molecule has 0 aliphatic heterocycles. The lowest BCUT2D eigenvalue weighted by Gasteiger charge is -2.58. The zero-order valence-corrected chi connectivity index (χ0v) is 18.3. The lowest BCUT2D eigenvalue weighted by molar-refractivity contribution is -0.168. The van der Waals surface area contributed by atoms with Crippen LogP contribution in [0.25, 0.3) is 0 Å². The van der Waals surface area contributed by atoms with Crippen molar-refractivity contribution < 1.29 is 19.1 Å². The van der Waals surface area contributed by atoms with Gasteiger partial charge in [-0.15, -0.1) is 6.42 Å². The third-order valence-electron chi connectivity index (χ3n) is 9.06. The van der Waals surface area contributed by atoms with Crippen molar-refractivity contribution in [3.8, 4) is 12.3 Å². The minimum Gasteiger partial charge on any atom is -0.462 e. The zero-order valence-electron chi connectivity index (χ0n) is 18.3. The summed E-state index contributed by atoms with van der Waals surface area (Å²) in [6, 6.07) is 0. The average molecular weight is 399 g/mol. The Morgan fingerprint density at radius 1 is 1.07 bits per heavy atom. The fourth-order valence-corrected chi connectivity index (χ4v) is 7.64. The maximum atomic E-state index is 11.8. The maximum Gasteiger partial charge on any atom is 0.304 e. The number of fused-ring (bicyclic) bond motifs is 5. The van der Waals surface area contributed by atoms with Gasteiger partial charge in [0.25, 0.3) is 0 Å². The first-order chi connectivity index (χ1) is 13.6. The van der Waals surface area contributed by atoms with Crippen LogP contribution in [0.2, 0.25) is 0 Å². The van der Waals surface area contributed by atoms with Gasteiger partial charge in [-0.2, -0.15) is 0 Å². The van der Waals surface area contributed by atoms with E-state index in [0.29, 0.717) is 17.8 Å². The Labute approximate surface area is 174 Å². The largest absolute Gasteiger partial charge is 0.462 e. The molecule has 4 nitrogen and oxygen atoms in total. The number of terminal acetylenes is 1. The van der Waals surface area contributed by atoms with Gasteiger partial charge in [0.2, 0.25) is 0 Å². The topological polar surface area (TPSA) is 52.6 Å². The number of allylic oxidation sites excluding steroid dienone is 1. The van der Waals surface area contributed by atoms with Crippen molar-refractivity contribution >= 4 is 11.9 Å². The van der Waals surface area contributed by atoms with Gasteiger partial charge in [-0.25, -0.2) is 0 Å². The standard InChI is InChI=1S/C25H34O4/c1-6-25(29-17(3)27)14-11-22-20-8-7-18-15-19(28-16(2)26)9-12-23(18,4)21(20)10-13-24(22,25)5/h1,7,19-22H,8-15H2,2-5H3/t19?,20?,21?,22?,23?,24?,25-/m0/s1. The zero-order chi connectivity index (χ0) is 21.0. The van der Waals surface area contributed by atoms with Crippen molar-refractivity contribution in [2.45, 2.75) is 90.8 Å². The van der Waals surface area contributed by atoms with E-state index in [1.165, 1.54) is 19.4 Å². The molecule has 0 heterocycles. The van der Waals surface area contributed by atoms with E-state index in [0.717, 1.165) is 51.4 Å². The molecule has 0 saturated heterocycles. The molecular weight excluding hydrogens is 364 g/mol. The van der Waals surface area contributed by atoms with Gasteiger partial charge in [-0.1, -0.05) is 31.4 Å². The highest BCUT2D eigenvalue weighted by Crippen LogP contribution is 2.67. The number of hydrogen-bond donors (Lipinski definition) is 0. The molecule has 0 aromatic carbocycles. The lowest BCUT2D eigenvalue weighted by Crippen LogP contribution is -2.55. The summed E-state index contributed by atoms with van der Waals surface area (Å²) in [7, 11) is 0. The monoisotopic (exact) mass is 398 g/mol. The van der Waals surface area contributed by atoms with Crippen molar-refractivity contribution in [2.75, 3.05) is 0 Å². The Morgan fingerprint density at radius 3 is 2.45 bits per heavy atom. The van der Waals surface area contributed by atoms with Crippen LogP contribution in [0.3, 0.4) is 0 Å². The second-order valence-corrected chi connectivity index (χ2v) is 10.3. The summed E-state index contributed by atoms with van der Waals surface area (Å²) >= 11 is 0. The van der Waals surface area contributed by atoms with Gasteiger partial charge in [0.05, 0.1) is 0 Å². The summed E-state index contributed by atoms with van der Waals surface area (Å²) in [5.41, 5.74) is 0.766. The van der Waals surface area contributed by atoms with Gasteiger partial charge >= 0.3 is 11.9 Å². The highest BCUT2D eigenvalue weighted by molar-refractivity contribution is 5.67. The van der Waals surface area contributed by atoms with Crippen LogP contribution in [-0.4, -0.2) is 23.6 Å². The third kappa shape index (κ3) is 2.95. The van der Waals surface area contributed by atoms with Crippen LogP contribution >= 0.6 is 0 Å². The Morgan fingerprint density at radius 2 is 1.79 bits per heavy atom. The molecule has 0 aromatic heterocycles. The third-order valence-corrected chi connectivity index (χ3v) is 9.06. The van der Waals surface area contributed by atoms with Crippen molar-refractivity contribution in [3.05, 3.63) is 11.6 Å². The van der Waals surface area contributed by atoms with Crippen LogP contribution in [-0.2, 0) is 19.1 Å². The molecule has 0 amide bonds. The number of carbonyl (C=O) groups excluding carboxylic acids is 2. The quantitative estimate of drug-likeness (QED) is 0.380. The van der Waals surface area contributed by atoms with Crippen LogP contribution in [0, 0.1) is 40.9 Å². The lowest BCUT2D eigenvalue weighted by atomic mass is 9.47. The minimum absolute atomic E-state index is 0.0294. The summed E-state index contributed by atoms with van der Waals surface area (Å²) in [6.45, 7) is 7.67. The second-order valence-electron chi connectivity index (χ2n) is 10.3. The molecule has 29 heavy (non-hydrogen) atoms. The normalized spacial score (nSPS) is 45.7. The predicted octanol–water partition coefficient (Wildman–Crippen LogP) is 4.82. The summed E-state index contributed by atoms with van der Waals surface area (Å²) in [5.74, 6) is 4.17. The maximum absolute atomic E-state index is 11.8. The van der Waals surface area contributed by atoms with Crippen LogP contribution in [0.1, 0.15) is 79.1 Å². The minimum atomic E-state index is -0.758. The molecule has 0 spiro atoms. The molecule has 7 atom stereocenters. The average Bonchev–Trinajstić information content (AvgIpc) is 2.94. The molecule has 0 bridgehead atoms. The van der Waals surface area contributed by atoms with Crippen molar-refractivity contribution in [1.82, 2.24) is 0 Å². The molecule has 4 aliphatic rings. The number of carbonyl (C=O) groups is 2. The van der Waals surface area contributed by atoms with Crippen LogP contribution in [0.5, 0.6) is 0 Å². The van der Waals surface area contributed by atoms with Crippen LogP contribution in [0.4, 0.5) is 0 Å². The van der Waals surface area contributed by atoms with Crippen molar-refractivity contribution in [3.63, 3.8) is 0 Å². The smallest absolute Gasteiger partial charge is 0.304 e. The molecule has 4 rings (SSSR count). The van der Waals surface area contributed by atoms with Gasteiger partial charge in [-0.05, 0) is 68.1 Å². The summed E-state index contributed by atoms with van der Waals surface area (Å²) < 4.78 is 11.4. The molecule has 4 heteroatoms. The first-order valence-corrected chi connectivity index (χ1v) is 11.2.